The third kappa shape index (κ3) is 3.80. The summed E-state index contributed by atoms with van der Waals surface area (Å²) in [6, 6.07) is 4.65. The predicted octanol–water partition coefficient (Wildman–Crippen LogP) is 2.30. The van der Waals surface area contributed by atoms with Crippen molar-refractivity contribution < 1.29 is 18.7 Å². The van der Waals surface area contributed by atoms with Crippen molar-refractivity contribution in [2.75, 3.05) is 47.0 Å². The summed E-state index contributed by atoms with van der Waals surface area (Å²) in [7, 11) is 3.22. The van der Waals surface area contributed by atoms with E-state index in [-0.39, 0.29) is 17.1 Å². The van der Waals surface area contributed by atoms with Crippen molar-refractivity contribution in [2.24, 2.45) is 5.41 Å². The van der Waals surface area contributed by atoms with Crippen molar-refractivity contribution in [1.29, 1.82) is 0 Å². The fourth-order valence-electron chi connectivity index (χ4n) is 4.13. The molecule has 3 rings (SSSR count). The molecule has 0 N–H and O–H groups in total. The Morgan fingerprint density at radius 3 is 2.84 bits per heavy atom. The van der Waals surface area contributed by atoms with E-state index in [1.807, 2.05) is 4.90 Å². The van der Waals surface area contributed by atoms with E-state index in [0.29, 0.717) is 25.4 Å². The van der Waals surface area contributed by atoms with E-state index >= 15 is 0 Å². The van der Waals surface area contributed by atoms with Crippen molar-refractivity contribution in [1.82, 2.24) is 9.80 Å². The van der Waals surface area contributed by atoms with Gasteiger partial charge in [-0.15, -0.1) is 0 Å². The van der Waals surface area contributed by atoms with Gasteiger partial charge in [-0.3, -0.25) is 9.69 Å². The lowest BCUT2D eigenvalue weighted by atomic mass is 9.78. The van der Waals surface area contributed by atoms with Crippen LogP contribution in [0.3, 0.4) is 0 Å². The summed E-state index contributed by atoms with van der Waals surface area (Å²) in [6.07, 6.45) is 2.88. The molecule has 0 aromatic heterocycles. The van der Waals surface area contributed by atoms with E-state index < -0.39 is 0 Å². The number of halogens is 1. The molecule has 0 aliphatic carbocycles. The van der Waals surface area contributed by atoms with Gasteiger partial charge in [0, 0.05) is 44.9 Å². The number of hydrogen-bond donors (Lipinski definition) is 0. The molecule has 1 aromatic rings. The standard InChI is InChI=1S/C19H27FN2O3/c1-24-11-10-22-8-3-6-19(18(22)23)7-9-21(14-19)13-15-4-5-16(20)12-17(15)25-2/h4-5,12H,3,6-11,13-14H2,1-2H3. The molecule has 2 aliphatic heterocycles. The van der Waals surface area contributed by atoms with Crippen LogP contribution >= 0.6 is 0 Å². The Labute approximate surface area is 148 Å². The Morgan fingerprint density at radius 2 is 2.08 bits per heavy atom. The highest BCUT2D eigenvalue weighted by Gasteiger charge is 2.48. The van der Waals surface area contributed by atoms with Gasteiger partial charge in [0.2, 0.25) is 5.91 Å². The SMILES string of the molecule is COCCN1CCCC2(CCN(Cc3ccc(F)cc3OC)C2)C1=O. The first kappa shape index (κ1) is 18.1. The zero-order valence-corrected chi connectivity index (χ0v) is 15.1. The quantitative estimate of drug-likeness (QED) is 0.789. The van der Waals surface area contributed by atoms with Crippen molar-refractivity contribution in [3.05, 3.63) is 29.6 Å². The number of carbonyl (C=O) groups is 1. The van der Waals surface area contributed by atoms with Gasteiger partial charge in [-0.05, 0) is 31.9 Å². The molecular formula is C19H27FN2O3. The molecule has 0 radical (unpaired) electrons. The summed E-state index contributed by atoms with van der Waals surface area (Å²) in [5, 5.41) is 0. The molecule has 5 nitrogen and oxygen atoms in total. The van der Waals surface area contributed by atoms with E-state index in [2.05, 4.69) is 4.90 Å². The Bertz CT molecular complexity index is 625. The lowest BCUT2D eigenvalue weighted by molar-refractivity contribution is -0.146. The summed E-state index contributed by atoms with van der Waals surface area (Å²) < 4.78 is 23.8. The lowest BCUT2D eigenvalue weighted by Crippen LogP contribution is -2.50. The number of ether oxygens (including phenoxy) is 2. The highest BCUT2D eigenvalue weighted by Crippen LogP contribution is 2.40. The number of carbonyl (C=O) groups excluding carboxylic acids is 1. The van der Waals surface area contributed by atoms with Crippen LogP contribution in [-0.2, 0) is 16.1 Å². The maximum atomic E-state index is 13.4. The molecule has 138 valence electrons. The molecule has 2 saturated heterocycles. The zero-order valence-electron chi connectivity index (χ0n) is 15.1. The van der Waals surface area contributed by atoms with Crippen molar-refractivity contribution >= 4 is 5.91 Å². The number of hydrogen-bond acceptors (Lipinski definition) is 4. The predicted molar refractivity (Wildman–Crippen MR) is 93.0 cm³/mol. The summed E-state index contributed by atoms with van der Waals surface area (Å²) in [5.41, 5.74) is 0.694. The van der Waals surface area contributed by atoms with E-state index in [1.165, 1.54) is 12.1 Å². The normalized spacial score (nSPS) is 24.3. The van der Waals surface area contributed by atoms with Gasteiger partial charge in [0.05, 0.1) is 19.1 Å². The molecule has 1 atom stereocenters. The third-order valence-electron chi connectivity index (χ3n) is 5.47. The van der Waals surface area contributed by atoms with Gasteiger partial charge in [-0.2, -0.15) is 0 Å². The third-order valence-corrected chi connectivity index (χ3v) is 5.47. The smallest absolute Gasteiger partial charge is 0.230 e. The monoisotopic (exact) mass is 350 g/mol. The van der Waals surface area contributed by atoms with Crippen LogP contribution in [0.15, 0.2) is 18.2 Å². The second-order valence-corrected chi connectivity index (χ2v) is 7.09. The van der Waals surface area contributed by atoms with E-state index in [9.17, 15) is 9.18 Å². The number of rotatable bonds is 6. The number of methoxy groups -OCH3 is 2. The molecule has 6 heteroatoms. The number of piperidine rings is 1. The van der Waals surface area contributed by atoms with Crippen LogP contribution in [0.25, 0.3) is 0 Å². The van der Waals surface area contributed by atoms with Crippen LogP contribution in [0.4, 0.5) is 4.39 Å². The van der Waals surface area contributed by atoms with Crippen molar-refractivity contribution in [2.45, 2.75) is 25.8 Å². The molecule has 0 bridgehead atoms. The largest absolute Gasteiger partial charge is 0.496 e. The Hall–Kier alpha value is -1.66. The minimum atomic E-state index is -0.297. The zero-order chi connectivity index (χ0) is 17.9. The second-order valence-electron chi connectivity index (χ2n) is 7.09. The first-order valence-corrected chi connectivity index (χ1v) is 8.91. The van der Waals surface area contributed by atoms with Gasteiger partial charge in [-0.25, -0.2) is 4.39 Å². The van der Waals surface area contributed by atoms with Crippen LogP contribution in [0, 0.1) is 11.2 Å². The molecule has 1 spiro atoms. The maximum Gasteiger partial charge on any atom is 0.230 e. The van der Waals surface area contributed by atoms with Crippen LogP contribution in [0.1, 0.15) is 24.8 Å². The van der Waals surface area contributed by atoms with Crippen LogP contribution in [0.5, 0.6) is 5.75 Å². The molecule has 2 fully saturated rings. The van der Waals surface area contributed by atoms with Crippen molar-refractivity contribution in [3.63, 3.8) is 0 Å². The minimum Gasteiger partial charge on any atom is -0.496 e. The first-order chi connectivity index (χ1) is 12.1. The highest BCUT2D eigenvalue weighted by atomic mass is 19.1. The minimum absolute atomic E-state index is 0.265. The molecular weight excluding hydrogens is 323 g/mol. The average molecular weight is 350 g/mol. The fraction of sp³-hybridized carbons (Fsp3) is 0.632. The van der Waals surface area contributed by atoms with Crippen LogP contribution in [-0.4, -0.2) is 62.7 Å². The first-order valence-electron chi connectivity index (χ1n) is 8.91. The number of amides is 1. The van der Waals surface area contributed by atoms with Gasteiger partial charge in [0.1, 0.15) is 11.6 Å². The molecule has 1 amide bonds. The molecule has 0 saturated carbocycles. The van der Waals surface area contributed by atoms with Crippen LogP contribution in [0.2, 0.25) is 0 Å². The number of likely N-dealkylation sites (tertiary alicyclic amines) is 2. The van der Waals surface area contributed by atoms with Gasteiger partial charge < -0.3 is 14.4 Å². The summed E-state index contributed by atoms with van der Waals surface area (Å²) in [6.45, 7) is 4.40. The van der Waals surface area contributed by atoms with Gasteiger partial charge in [-0.1, -0.05) is 6.07 Å². The van der Waals surface area contributed by atoms with E-state index in [1.54, 1.807) is 20.3 Å². The lowest BCUT2D eigenvalue weighted by Gasteiger charge is -2.39. The molecule has 1 aromatic carbocycles. The molecule has 2 heterocycles. The Morgan fingerprint density at radius 1 is 1.24 bits per heavy atom. The molecule has 25 heavy (non-hydrogen) atoms. The van der Waals surface area contributed by atoms with E-state index in [4.69, 9.17) is 9.47 Å². The Kier molecular flexibility index (Phi) is 5.59. The average Bonchev–Trinajstić information content (AvgIpc) is 3.01. The number of nitrogens with zero attached hydrogens (tertiary/aromatic N) is 2. The van der Waals surface area contributed by atoms with Crippen molar-refractivity contribution in [3.8, 4) is 5.75 Å². The van der Waals surface area contributed by atoms with Crippen LogP contribution < -0.4 is 4.74 Å². The summed E-state index contributed by atoms with van der Waals surface area (Å²) in [5.74, 6) is 0.539. The highest BCUT2D eigenvalue weighted by molar-refractivity contribution is 5.84. The maximum absolute atomic E-state index is 13.4. The van der Waals surface area contributed by atoms with Gasteiger partial charge >= 0.3 is 0 Å². The van der Waals surface area contributed by atoms with Gasteiger partial charge in [0.15, 0.2) is 0 Å². The summed E-state index contributed by atoms with van der Waals surface area (Å²) >= 11 is 0. The summed E-state index contributed by atoms with van der Waals surface area (Å²) in [4.78, 5) is 17.2. The number of benzene rings is 1. The fourth-order valence-corrected chi connectivity index (χ4v) is 4.13. The molecule has 2 aliphatic rings. The Balaban J connectivity index is 1.67. The van der Waals surface area contributed by atoms with Gasteiger partial charge in [0.25, 0.3) is 0 Å². The van der Waals surface area contributed by atoms with E-state index in [0.717, 1.165) is 44.5 Å². The second kappa shape index (κ2) is 7.70. The topological polar surface area (TPSA) is 42.0 Å². The molecule has 1 unspecified atom stereocenters.